The normalized spacial score (nSPS) is 13.7. The lowest BCUT2D eigenvalue weighted by molar-refractivity contribution is 0.102. The number of rotatable bonds is 6. The molecule has 0 saturated heterocycles. The number of benzene rings is 2. The Labute approximate surface area is 157 Å². The van der Waals surface area contributed by atoms with Gasteiger partial charge in [-0.2, -0.15) is 0 Å². The predicted octanol–water partition coefficient (Wildman–Crippen LogP) is 1.34. The molecule has 1 amide bonds. The Balaban J connectivity index is 1.77. The van der Waals surface area contributed by atoms with Gasteiger partial charge in [-0.3, -0.25) is 4.79 Å². The highest BCUT2D eigenvalue weighted by molar-refractivity contribution is 7.89. The van der Waals surface area contributed by atoms with Crippen LogP contribution in [0, 0.1) is 0 Å². The number of anilines is 1. The van der Waals surface area contributed by atoms with Gasteiger partial charge < -0.3 is 20.5 Å². The zero-order chi connectivity index (χ0) is 19.3. The van der Waals surface area contributed by atoms with E-state index in [1.54, 1.807) is 30.3 Å². The molecule has 1 aliphatic rings. The van der Waals surface area contributed by atoms with Crippen molar-refractivity contribution >= 4 is 21.6 Å². The van der Waals surface area contributed by atoms with Crippen LogP contribution in [0.15, 0.2) is 47.4 Å². The minimum Gasteiger partial charge on any atom is -0.490 e. The second kappa shape index (κ2) is 8.38. The summed E-state index contributed by atoms with van der Waals surface area (Å²) in [5.74, 6) is 0.737. The minimum atomic E-state index is -3.68. The van der Waals surface area contributed by atoms with Gasteiger partial charge in [0, 0.05) is 30.8 Å². The molecule has 0 unspecified atom stereocenters. The molecule has 0 fully saturated rings. The Hall–Kier alpha value is -2.62. The molecule has 0 aliphatic carbocycles. The van der Waals surface area contributed by atoms with E-state index in [2.05, 4.69) is 10.0 Å². The van der Waals surface area contributed by atoms with E-state index in [1.807, 2.05) is 0 Å². The van der Waals surface area contributed by atoms with Crippen molar-refractivity contribution in [3.8, 4) is 11.5 Å². The smallest absolute Gasteiger partial charge is 0.255 e. The van der Waals surface area contributed by atoms with Crippen molar-refractivity contribution < 1.29 is 22.7 Å². The van der Waals surface area contributed by atoms with Crippen LogP contribution in [0.3, 0.4) is 0 Å². The molecule has 0 radical (unpaired) electrons. The molecule has 3 rings (SSSR count). The molecular weight excluding hydrogens is 370 g/mol. The summed E-state index contributed by atoms with van der Waals surface area (Å²) in [5, 5.41) is 2.70. The Morgan fingerprint density at radius 1 is 1.07 bits per heavy atom. The van der Waals surface area contributed by atoms with Crippen LogP contribution in [0.2, 0.25) is 0 Å². The van der Waals surface area contributed by atoms with Gasteiger partial charge in [-0.1, -0.05) is 6.07 Å². The van der Waals surface area contributed by atoms with Crippen LogP contribution in [0.4, 0.5) is 5.69 Å². The van der Waals surface area contributed by atoms with Crippen LogP contribution in [0.25, 0.3) is 0 Å². The van der Waals surface area contributed by atoms with Crippen molar-refractivity contribution in [3.63, 3.8) is 0 Å². The van der Waals surface area contributed by atoms with Crippen molar-refractivity contribution in [2.75, 3.05) is 31.6 Å². The van der Waals surface area contributed by atoms with E-state index in [0.717, 1.165) is 6.42 Å². The molecule has 0 bridgehead atoms. The van der Waals surface area contributed by atoms with Crippen molar-refractivity contribution in [1.82, 2.24) is 4.72 Å². The summed E-state index contributed by atoms with van der Waals surface area (Å²) in [6.45, 7) is 1.42. The topological polar surface area (TPSA) is 120 Å². The monoisotopic (exact) mass is 391 g/mol. The molecule has 144 valence electrons. The number of carbonyl (C=O) groups excluding carboxylic acids is 1. The summed E-state index contributed by atoms with van der Waals surface area (Å²) in [6.07, 6.45) is 0.773. The van der Waals surface area contributed by atoms with Gasteiger partial charge in [0.2, 0.25) is 10.0 Å². The number of nitrogens with two attached hydrogens (primary N) is 1. The van der Waals surface area contributed by atoms with E-state index in [4.69, 9.17) is 15.2 Å². The van der Waals surface area contributed by atoms with E-state index in [0.29, 0.717) is 36.0 Å². The zero-order valence-corrected chi connectivity index (χ0v) is 15.4. The minimum absolute atomic E-state index is 0.0485. The maximum Gasteiger partial charge on any atom is 0.255 e. The number of hydrogen-bond donors (Lipinski definition) is 3. The average Bonchev–Trinajstić information content (AvgIpc) is 2.91. The number of fused-ring (bicyclic) bond motifs is 1. The Morgan fingerprint density at radius 2 is 1.85 bits per heavy atom. The van der Waals surface area contributed by atoms with E-state index >= 15 is 0 Å². The molecule has 1 heterocycles. The van der Waals surface area contributed by atoms with E-state index < -0.39 is 10.0 Å². The number of amides is 1. The summed E-state index contributed by atoms with van der Waals surface area (Å²) in [4.78, 5) is 12.6. The summed E-state index contributed by atoms with van der Waals surface area (Å²) in [5.41, 5.74) is 6.08. The predicted molar refractivity (Wildman–Crippen MR) is 101 cm³/mol. The van der Waals surface area contributed by atoms with E-state index in [-0.39, 0.29) is 23.9 Å². The van der Waals surface area contributed by atoms with Crippen LogP contribution >= 0.6 is 0 Å². The number of ether oxygens (including phenoxy) is 2. The quantitative estimate of drug-likeness (QED) is 0.683. The van der Waals surface area contributed by atoms with Gasteiger partial charge >= 0.3 is 0 Å². The van der Waals surface area contributed by atoms with Gasteiger partial charge in [0.15, 0.2) is 11.5 Å². The molecule has 8 nitrogen and oxygen atoms in total. The van der Waals surface area contributed by atoms with Crippen LogP contribution in [-0.2, 0) is 10.0 Å². The molecule has 9 heteroatoms. The van der Waals surface area contributed by atoms with E-state index in [9.17, 15) is 13.2 Å². The lowest BCUT2D eigenvalue weighted by Gasteiger charge is -2.11. The summed E-state index contributed by atoms with van der Waals surface area (Å²) in [6, 6.07) is 10.9. The molecule has 0 atom stereocenters. The zero-order valence-electron chi connectivity index (χ0n) is 14.6. The van der Waals surface area contributed by atoms with Crippen molar-refractivity contribution in [2.45, 2.75) is 11.3 Å². The molecule has 1 aliphatic heterocycles. The van der Waals surface area contributed by atoms with Crippen molar-refractivity contribution in [1.29, 1.82) is 0 Å². The second-order valence-electron chi connectivity index (χ2n) is 5.88. The first-order valence-corrected chi connectivity index (χ1v) is 9.99. The molecule has 27 heavy (non-hydrogen) atoms. The Morgan fingerprint density at radius 3 is 2.63 bits per heavy atom. The van der Waals surface area contributed by atoms with Crippen LogP contribution in [0.1, 0.15) is 16.8 Å². The van der Waals surface area contributed by atoms with Gasteiger partial charge in [0.25, 0.3) is 5.91 Å². The molecule has 2 aromatic carbocycles. The fourth-order valence-corrected chi connectivity index (χ4v) is 3.62. The average molecular weight is 391 g/mol. The number of sulfonamides is 1. The van der Waals surface area contributed by atoms with Gasteiger partial charge in [0.1, 0.15) is 0 Å². The van der Waals surface area contributed by atoms with Gasteiger partial charge in [-0.05, 0) is 36.4 Å². The van der Waals surface area contributed by atoms with Gasteiger partial charge in [-0.15, -0.1) is 0 Å². The maximum absolute atomic E-state index is 12.5. The Bertz CT molecular complexity index is 930. The largest absolute Gasteiger partial charge is 0.490 e. The lowest BCUT2D eigenvalue weighted by atomic mass is 10.2. The summed E-state index contributed by atoms with van der Waals surface area (Å²) in [7, 11) is -3.68. The third-order valence-electron chi connectivity index (χ3n) is 3.85. The fourth-order valence-electron chi connectivity index (χ4n) is 2.53. The SMILES string of the molecule is NCCNS(=O)(=O)c1cccc(NC(=O)c2ccc3c(c2)OCCCO3)c1. The highest BCUT2D eigenvalue weighted by Gasteiger charge is 2.16. The lowest BCUT2D eigenvalue weighted by Crippen LogP contribution is -2.29. The fraction of sp³-hybridized carbons (Fsp3) is 0.278. The third kappa shape index (κ3) is 4.76. The van der Waals surface area contributed by atoms with Crippen LogP contribution in [0.5, 0.6) is 11.5 Å². The molecule has 0 aromatic heterocycles. The number of nitrogens with one attached hydrogen (secondary N) is 2. The summed E-state index contributed by atoms with van der Waals surface area (Å²) >= 11 is 0. The first kappa shape index (κ1) is 19.2. The standard InChI is InChI=1S/C18H21N3O5S/c19-7-8-20-27(23,24)15-4-1-3-14(12-15)21-18(22)13-5-6-16-17(11-13)26-10-2-9-25-16/h1,3-6,11-12,20H,2,7-10,19H2,(H,21,22). The van der Waals surface area contributed by atoms with E-state index in [1.165, 1.54) is 12.1 Å². The molecular formula is C18H21N3O5S. The van der Waals surface area contributed by atoms with Crippen molar-refractivity contribution in [2.24, 2.45) is 5.73 Å². The van der Waals surface area contributed by atoms with Gasteiger partial charge in [0.05, 0.1) is 18.1 Å². The molecule has 0 saturated carbocycles. The number of carbonyl (C=O) groups is 1. The third-order valence-corrected chi connectivity index (χ3v) is 5.31. The maximum atomic E-state index is 12.5. The number of hydrogen-bond acceptors (Lipinski definition) is 6. The molecule has 2 aromatic rings. The molecule has 0 spiro atoms. The van der Waals surface area contributed by atoms with Crippen molar-refractivity contribution in [3.05, 3.63) is 48.0 Å². The van der Waals surface area contributed by atoms with Crippen LogP contribution < -0.4 is 25.2 Å². The highest BCUT2D eigenvalue weighted by atomic mass is 32.2. The molecule has 4 N–H and O–H groups in total. The highest BCUT2D eigenvalue weighted by Crippen LogP contribution is 2.30. The Kier molecular flexibility index (Phi) is 5.94. The van der Waals surface area contributed by atoms with Gasteiger partial charge in [-0.25, -0.2) is 13.1 Å². The van der Waals surface area contributed by atoms with Crippen LogP contribution in [-0.4, -0.2) is 40.6 Å². The summed E-state index contributed by atoms with van der Waals surface area (Å²) < 4.78 is 37.9. The first-order chi connectivity index (χ1) is 13.0. The second-order valence-corrected chi connectivity index (χ2v) is 7.65. The first-order valence-electron chi connectivity index (χ1n) is 8.50.